The predicted octanol–water partition coefficient (Wildman–Crippen LogP) is 3.80. The summed E-state index contributed by atoms with van der Waals surface area (Å²) in [5.41, 5.74) is 5.18. The number of carbonyl (C=O) groups is 1. The summed E-state index contributed by atoms with van der Waals surface area (Å²) in [6.07, 6.45) is 6.41. The predicted molar refractivity (Wildman–Crippen MR) is 99.8 cm³/mol. The molecule has 4 aromatic rings. The zero-order valence-corrected chi connectivity index (χ0v) is 14.5. The van der Waals surface area contributed by atoms with Gasteiger partial charge in [-0.3, -0.25) is 4.79 Å². The van der Waals surface area contributed by atoms with E-state index in [4.69, 9.17) is 8.83 Å². The van der Waals surface area contributed by atoms with Crippen molar-refractivity contribution in [3.05, 3.63) is 84.1 Å². The van der Waals surface area contributed by atoms with Crippen molar-refractivity contribution >= 4 is 12.1 Å². The molecule has 7 nitrogen and oxygen atoms in total. The number of para-hydroxylation sites is 1. The van der Waals surface area contributed by atoms with E-state index in [1.54, 1.807) is 30.0 Å². The van der Waals surface area contributed by atoms with Gasteiger partial charge in [-0.25, -0.2) is 10.1 Å². The van der Waals surface area contributed by atoms with Crippen LogP contribution in [-0.4, -0.2) is 21.9 Å². The number of nitrogens with one attached hydrogen (secondary N) is 1. The molecule has 0 fully saturated rings. The highest BCUT2D eigenvalue weighted by atomic mass is 16.3. The van der Waals surface area contributed by atoms with Gasteiger partial charge in [-0.1, -0.05) is 18.2 Å². The van der Waals surface area contributed by atoms with Gasteiger partial charge in [0.05, 0.1) is 30.0 Å². The molecule has 1 amide bonds. The molecule has 1 N–H and O–H groups in total. The molecule has 0 saturated carbocycles. The van der Waals surface area contributed by atoms with E-state index >= 15 is 0 Å². The number of aryl methyl sites for hydroxylation is 1. The Hall–Kier alpha value is -3.87. The second-order valence-electron chi connectivity index (χ2n) is 5.78. The van der Waals surface area contributed by atoms with Gasteiger partial charge in [0.15, 0.2) is 5.76 Å². The molecule has 0 spiro atoms. The Morgan fingerprint density at radius 3 is 2.67 bits per heavy atom. The summed E-state index contributed by atoms with van der Waals surface area (Å²) in [4.78, 5) is 12.1. The van der Waals surface area contributed by atoms with Crippen LogP contribution in [0.5, 0.6) is 0 Å². The van der Waals surface area contributed by atoms with Crippen molar-refractivity contribution in [2.24, 2.45) is 5.10 Å². The van der Waals surface area contributed by atoms with Crippen LogP contribution in [0.2, 0.25) is 0 Å². The summed E-state index contributed by atoms with van der Waals surface area (Å²) in [6.45, 7) is 1.72. The highest BCUT2D eigenvalue weighted by Crippen LogP contribution is 2.23. The highest BCUT2D eigenvalue weighted by Gasteiger charge is 2.14. The van der Waals surface area contributed by atoms with Crippen molar-refractivity contribution in [1.29, 1.82) is 0 Å². The standard InChI is InChI=1S/C20H16N4O3/c1-14-17(9-11-26-14)20(25)22-21-12-15-13-24(16-6-3-2-4-7-16)23-19(15)18-8-5-10-27-18/h2-13H,1H3,(H,22,25)/b21-12-. The molecule has 0 aliphatic carbocycles. The molecule has 0 bridgehead atoms. The topological polar surface area (TPSA) is 85.6 Å². The average Bonchev–Trinajstić information content (AvgIpc) is 3.42. The molecule has 134 valence electrons. The first kappa shape index (κ1) is 16.6. The molecule has 0 radical (unpaired) electrons. The maximum absolute atomic E-state index is 12.1. The number of amides is 1. The molecular weight excluding hydrogens is 344 g/mol. The van der Waals surface area contributed by atoms with Crippen LogP contribution >= 0.6 is 0 Å². The third-order valence-electron chi connectivity index (χ3n) is 3.99. The van der Waals surface area contributed by atoms with E-state index in [9.17, 15) is 4.79 Å². The first-order valence-electron chi connectivity index (χ1n) is 8.29. The number of rotatable bonds is 5. The first-order chi connectivity index (χ1) is 13.2. The number of aromatic nitrogens is 2. The molecule has 0 unspecified atom stereocenters. The minimum atomic E-state index is -0.340. The Kier molecular flexibility index (Phi) is 4.40. The Morgan fingerprint density at radius 2 is 1.96 bits per heavy atom. The van der Waals surface area contributed by atoms with Gasteiger partial charge in [0, 0.05) is 11.8 Å². The van der Waals surface area contributed by atoms with E-state index in [1.165, 1.54) is 12.5 Å². The van der Waals surface area contributed by atoms with E-state index in [0.29, 0.717) is 28.3 Å². The molecular formula is C20H16N4O3. The minimum Gasteiger partial charge on any atom is -0.469 e. The van der Waals surface area contributed by atoms with Crippen molar-refractivity contribution in [2.75, 3.05) is 0 Å². The van der Waals surface area contributed by atoms with E-state index in [2.05, 4.69) is 15.6 Å². The fourth-order valence-electron chi connectivity index (χ4n) is 2.64. The lowest BCUT2D eigenvalue weighted by Crippen LogP contribution is -2.17. The number of hydrogen-bond donors (Lipinski definition) is 1. The molecule has 3 aromatic heterocycles. The Balaban J connectivity index is 1.62. The Labute approximate surface area is 154 Å². The van der Waals surface area contributed by atoms with Crippen LogP contribution in [0.4, 0.5) is 0 Å². The summed E-state index contributed by atoms with van der Waals surface area (Å²) in [5, 5.41) is 8.64. The van der Waals surface area contributed by atoms with Crippen molar-refractivity contribution < 1.29 is 13.6 Å². The normalized spacial score (nSPS) is 11.1. The van der Waals surface area contributed by atoms with E-state index in [0.717, 1.165) is 5.69 Å². The Bertz CT molecular complexity index is 1080. The van der Waals surface area contributed by atoms with Gasteiger partial charge in [-0.2, -0.15) is 10.2 Å². The van der Waals surface area contributed by atoms with Gasteiger partial charge >= 0.3 is 0 Å². The van der Waals surface area contributed by atoms with E-state index in [1.807, 2.05) is 42.6 Å². The van der Waals surface area contributed by atoms with Crippen molar-refractivity contribution in [3.63, 3.8) is 0 Å². The van der Waals surface area contributed by atoms with Gasteiger partial charge in [0.2, 0.25) is 0 Å². The molecule has 1 aromatic carbocycles. The average molecular weight is 360 g/mol. The minimum absolute atomic E-state index is 0.340. The number of hydrazone groups is 1. The van der Waals surface area contributed by atoms with Crippen molar-refractivity contribution in [1.82, 2.24) is 15.2 Å². The van der Waals surface area contributed by atoms with Crippen LogP contribution in [0.25, 0.3) is 17.1 Å². The smallest absolute Gasteiger partial charge is 0.274 e. The van der Waals surface area contributed by atoms with Gasteiger partial charge in [0.25, 0.3) is 5.91 Å². The van der Waals surface area contributed by atoms with Crippen LogP contribution in [0.1, 0.15) is 21.7 Å². The van der Waals surface area contributed by atoms with Crippen LogP contribution in [0.15, 0.2) is 81.2 Å². The maximum Gasteiger partial charge on any atom is 0.274 e. The van der Waals surface area contributed by atoms with Gasteiger partial charge < -0.3 is 8.83 Å². The number of hydrogen-bond acceptors (Lipinski definition) is 5. The molecule has 4 rings (SSSR count). The zero-order chi connectivity index (χ0) is 18.6. The molecule has 27 heavy (non-hydrogen) atoms. The first-order valence-corrected chi connectivity index (χ1v) is 8.29. The van der Waals surface area contributed by atoms with Crippen molar-refractivity contribution in [2.45, 2.75) is 6.92 Å². The highest BCUT2D eigenvalue weighted by molar-refractivity contribution is 5.96. The van der Waals surface area contributed by atoms with E-state index in [-0.39, 0.29) is 5.91 Å². The molecule has 3 heterocycles. The van der Waals surface area contributed by atoms with Gasteiger partial charge in [-0.05, 0) is 37.3 Å². The zero-order valence-electron chi connectivity index (χ0n) is 14.5. The number of benzene rings is 1. The lowest BCUT2D eigenvalue weighted by atomic mass is 10.2. The van der Waals surface area contributed by atoms with Crippen LogP contribution < -0.4 is 5.43 Å². The molecule has 0 aliphatic rings. The molecule has 0 aliphatic heterocycles. The third kappa shape index (κ3) is 3.43. The van der Waals surface area contributed by atoms with Crippen molar-refractivity contribution in [3.8, 4) is 17.1 Å². The van der Waals surface area contributed by atoms with Crippen LogP contribution in [-0.2, 0) is 0 Å². The monoisotopic (exact) mass is 360 g/mol. The molecule has 7 heteroatoms. The largest absolute Gasteiger partial charge is 0.469 e. The second-order valence-corrected chi connectivity index (χ2v) is 5.78. The SMILES string of the molecule is Cc1occc1C(=O)N/N=C\c1cn(-c2ccccc2)nc1-c1ccco1. The summed E-state index contributed by atoms with van der Waals surface area (Å²) in [7, 11) is 0. The molecule has 0 atom stereocenters. The summed E-state index contributed by atoms with van der Waals surface area (Å²) in [5.74, 6) is 0.812. The lowest BCUT2D eigenvalue weighted by Gasteiger charge is -1.98. The van der Waals surface area contributed by atoms with Gasteiger partial charge in [-0.15, -0.1) is 0 Å². The quantitative estimate of drug-likeness (QED) is 0.433. The number of carbonyl (C=O) groups excluding carboxylic acids is 1. The Morgan fingerprint density at radius 1 is 1.11 bits per heavy atom. The van der Waals surface area contributed by atoms with E-state index < -0.39 is 0 Å². The van der Waals surface area contributed by atoms with Gasteiger partial charge in [0.1, 0.15) is 11.5 Å². The fourth-order valence-corrected chi connectivity index (χ4v) is 2.64. The summed E-state index contributed by atoms with van der Waals surface area (Å²) in [6, 6.07) is 14.9. The van der Waals surface area contributed by atoms with Crippen LogP contribution in [0, 0.1) is 6.92 Å². The fraction of sp³-hybridized carbons (Fsp3) is 0.0500. The number of nitrogens with zero attached hydrogens (tertiary/aromatic N) is 3. The lowest BCUT2D eigenvalue weighted by molar-refractivity contribution is 0.0953. The van der Waals surface area contributed by atoms with Crippen LogP contribution in [0.3, 0.4) is 0 Å². The number of furan rings is 2. The summed E-state index contributed by atoms with van der Waals surface area (Å²) < 4.78 is 12.3. The maximum atomic E-state index is 12.1. The summed E-state index contributed by atoms with van der Waals surface area (Å²) >= 11 is 0. The molecule has 0 saturated heterocycles. The third-order valence-corrected chi connectivity index (χ3v) is 3.99. The second kappa shape index (κ2) is 7.17.